The molecule has 0 aliphatic carbocycles. The summed E-state index contributed by atoms with van der Waals surface area (Å²) in [5.41, 5.74) is 14.7. The zero-order chi connectivity index (χ0) is 38.4. The van der Waals surface area contributed by atoms with Crippen molar-refractivity contribution in [3.8, 4) is 67.5 Å². The van der Waals surface area contributed by atoms with Crippen molar-refractivity contribution in [1.29, 1.82) is 0 Å². The van der Waals surface area contributed by atoms with Gasteiger partial charge in [0.2, 0.25) is 0 Å². The highest BCUT2D eigenvalue weighted by Crippen LogP contribution is 2.34. The van der Waals surface area contributed by atoms with Crippen LogP contribution in [0, 0.1) is 0 Å². The Morgan fingerprint density at radius 2 is 0.845 bits per heavy atom. The van der Waals surface area contributed by atoms with E-state index in [0.29, 0.717) is 5.82 Å². The van der Waals surface area contributed by atoms with Crippen molar-refractivity contribution in [2.75, 3.05) is 0 Å². The molecule has 0 fully saturated rings. The third kappa shape index (κ3) is 6.10. The summed E-state index contributed by atoms with van der Waals surface area (Å²) in [4.78, 5) is 29.4. The first-order chi connectivity index (χ1) is 28.7. The van der Waals surface area contributed by atoms with Gasteiger partial charge in [-0.25, -0.2) is 19.9 Å². The summed E-state index contributed by atoms with van der Waals surface area (Å²) in [6, 6.07) is 62.7. The molecule has 58 heavy (non-hydrogen) atoms. The molecule has 0 unspecified atom stereocenters. The minimum Gasteiger partial charge on any atom is -0.254 e. The van der Waals surface area contributed by atoms with Gasteiger partial charge >= 0.3 is 0 Å². The van der Waals surface area contributed by atoms with E-state index in [1.54, 1.807) is 0 Å². The van der Waals surface area contributed by atoms with Gasteiger partial charge in [0, 0.05) is 50.6 Å². The smallest absolute Gasteiger partial charge is 0.179 e. The van der Waals surface area contributed by atoms with Gasteiger partial charge in [-0.05, 0) is 76.9 Å². The second-order valence-corrected chi connectivity index (χ2v) is 14.4. The molecule has 6 aromatic carbocycles. The van der Waals surface area contributed by atoms with E-state index >= 15 is 0 Å². The molecule has 0 bridgehead atoms. The van der Waals surface area contributed by atoms with E-state index in [0.717, 1.165) is 105 Å². The Hall–Kier alpha value is -7.96. The van der Waals surface area contributed by atoms with Crippen molar-refractivity contribution < 1.29 is 0 Å². The van der Waals surface area contributed by atoms with Crippen LogP contribution in [-0.2, 0) is 0 Å². The highest BCUT2D eigenvalue weighted by Gasteiger charge is 2.14. The summed E-state index contributed by atoms with van der Waals surface area (Å²) >= 11 is 0. The van der Waals surface area contributed by atoms with Gasteiger partial charge in [-0.2, -0.15) is 0 Å². The molecule has 0 saturated heterocycles. The molecule has 270 valence electrons. The van der Waals surface area contributed by atoms with Crippen molar-refractivity contribution in [1.82, 2.24) is 29.9 Å². The van der Waals surface area contributed by atoms with E-state index < -0.39 is 0 Å². The van der Waals surface area contributed by atoms with Crippen molar-refractivity contribution in [3.05, 3.63) is 194 Å². The minimum atomic E-state index is 0.595. The summed E-state index contributed by atoms with van der Waals surface area (Å²) in [6.45, 7) is 0. The van der Waals surface area contributed by atoms with E-state index in [9.17, 15) is 0 Å². The summed E-state index contributed by atoms with van der Waals surface area (Å²) in [5.74, 6) is 0.595. The quantitative estimate of drug-likeness (QED) is 0.158. The van der Waals surface area contributed by atoms with Crippen LogP contribution in [0.3, 0.4) is 0 Å². The Bertz CT molecular complexity index is 3270. The first-order valence-electron chi connectivity index (χ1n) is 19.3. The summed E-state index contributed by atoms with van der Waals surface area (Å²) in [7, 11) is 0. The van der Waals surface area contributed by atoms with Gasteiger partial charge in [0.25, 0.3) is 0 Å². The fraction of sp³-hybridized carbons (Fsp3) is 0. The first-order valence-corrected chi connectivity index (χ1v) is 19.3. The Morgan fingerprint density at radius 1 is 0.293 bits per heavy atom. The lowest BCUT2D eigenvalue weighted by atomic mass is 9.98. The number of rotatable bonds is 6. The van der Waals surface area contributed by atoms with Crippen LogP contribution in [0.2, 0.25) is 0 Å². The molecule has 0 radical (unpaired) electrons. The average molecular weight is 741 g/mol. The van der Waals surface area contributed by atoms with E-state index in [2.05, 4.69) is 137 Å². The molecule has 0 aliphatic rings. The van der Waals surface area contributed by atoms with Gasteiger partial charge in [-0.15, -0.1) is 0 Å². The van der Waals surface area contributed by atoms with Gasteiger partial charge < -0.3 is 0 Å². The second kappa shape index (κ2) is 14.0. The number of benzene rings is 6. The van der Waals surface area contributed by atoms with Crippen LogP contribution < -0.4 is 0 Å². The topological polar surface area (TPSA) is 77.3 Å². The lowest BCUT2D eigenvalue weighted by Crippen LogP contribution is -1.97. The number of aromatic nitrogens is 6. The number of pyridine rings is 4. The number of nitrogens with zero attached hydrogens (tertiary/aromatic N) is 6. The molecule has 11 aromatic rings. The van der Waals surface area contributed by atoms with Gasteiger partial charge in [-0.1, -0.05) is 127 Å². The first kappa shape index (κ1) is 33.4. The van der Waals surface area contributed by atoms with Crippen LogP contribution in [0.25, 0.3) is 111 Å². The molecule has 0 saturated carbocycles. The molecule has 5 aromatic heterocycles. The second-order valence-electron chi connectivity index (χ2n) is 14.4. The Balaban J connectivity index is 0.872. The highest BCUT2D eigenvalue weighted by atomic mass is 14.9. The Kier molecular flexibility index (Phi) is 8.04. The van der Waals surface area contributed by atoms with Crippen LogP contribution in [-0.4, -0.2) is 29.9 Å². The van der Waals surface area contributed by atoms with Crippen LogP contribution >= 0.6 is 0 Å². The fourth-order valence-electron chi connectivity index (χ4n) is 7.80. The van der Waals surface area contributed by atoms with E-state index in [1.165, 1.54) is 0 Å². The molecule has 0 aliphatic heterocycles. The predicted octanol–water partition coefficient (Wildman–Crippen LogP) is 12.7. The van der Waals surface area contributed by atoms with Crippen molar-refractivity contribution in [3.63, 3.8) is 0 Å². The van der Waals surface area contributed by atoms with E-state index in [1.807, 2.05) is 67.0 Å². The Labute approximate surface area is 334 Å². The zero-order valence-corrected chi connectivity index (χ0v) is 31.2. The third-order valence-corrected chi connectivity index (χ3v) is 10.8. The molecule has 0 atom stereocenters. The predicted molar refractivity (Wildman–Crippen MR) is 236 cm³/mol. The maximum atomic E-state index is 5.07. The average Bonchev–Trinajstić information content (AvgIpc) is 3.31. The molecular weight excluding hydrogens is 709 g/mol. The van der Waals surface area contributed by atoms with E-state index in [-0.39, 0.29) is 0 Å². The van der Waals surface area contributed by atoms with Crippen molar-refractivity contribution in [2.45, 2.75) is 0 Å². The number of hydrogen-bond acceptors (Lipinski definition) is 6. The van der Waals surface area contributed by atoms with Gasteiger partial charge in [0.15, 0.2) is 5.82 Å². The summed E-state index contributed by atoms with van der Waals surface area (Å²) in [5, 5.41) is 4.31. The van der Waals surface area contributed by atoms with Crippen molar-refractivity contribution in [2.24, 2.45) is 0 Å². The molecule has 5 heterocycles. The van der Waals surface area contributed by atoms with E-state index in [4.69, 9.17) is 19.9 Å². The summed E-state index contributed by atoms with van der Waals surface area (Å²) < 4.78 is 0. The molecular formula is C52H32N6. The monoisotopic (exact) mass is 740 g/mol. The molecule has 11 rings (SSSR count). The largest absolute Gasteiger partial charge is 0.254 e. The Morgan fingerprint density at radius 3 is 1.52 bits per heavy atom. The molecule has 0 N–H and O–H groups in total. The van der Waals surface area contributed by atoms with Gasteiger partial charge in [0.1, 0.15) is 5.69 Å². The highest BCUT2D eigenvalue weighted by molar-refractivity contribution is 6.08. The summed E-state index contributed by atoms with van der Waals surface area (Å²) in [6.07, 6.45) is 3.69. The number of hydrogen-bond donors (Lipinski definition) is 0. The fourth-order valence-corrected chi connectivity index (χ4v) is 7.80. The van der Waals surface area contributed by atoms with Crippen molar-refractivity contribution >= 4 is 43.6 Å². The standard InChI is InChI=1S/C52H32N6/c1-3-8-34(9-4-1)48-32-49(35-10-5-2-6-11-35)58-52(57-48)47-26-21-41-31-39(19-24-46(41)56-47)38-18-23-45-40(30-38)20-25-44(55-45)36-15-13-33(14-16-36)42-27-29-54-51-43(42)22-17-37-12-7-28-53-50(37)51/h1-32H. The minimum absolute atomic E-state index is 0.595. The van der Waals surface area contributed by atoms with Crippen LogP contribution in [0.15, 0.2) is 194 Å². The lowest BCUT2D eigenvalue weighted by Gasteiger charge is -2.10. The zero-order valence-electron chi connectivity index (χ0n) is 31.2. The normalized spacial score (nSPS) is 11.4. The van der Waals surface area contributed by atoms with Crippen LogP contribution in [0.1, 0.15) is 0 Å². The number of fused-ring (bicyclic) bond motifs is 5. The maximum absolute atomic E-state index is 5.07. The van der Waals surface area contributed by atoms with Crippen LogP contribution in [0.5, 0.6) is 0 Å². The third-order valence-electron chi connectivity index (χ3n) is 10.8. The van der Waals surface area contributed by atoms with Gasteiger partial charge in [0.05, 0.1) is 39.1 Å². The molecule has 0 spiro atoms. The van der Waals surface area contributed by atoms with Crippen LogP contribution in [0.4, 0.5) is 0 Å². The molecule has 6 heteroatoms. The van der Waals surface area contributed by atoms with Gasteiger partial charge in [-0.3, -0.25) is 9.97 Å². The molecule has 0 amide bonds. The SMILES string of the molecule is c1ccc(-c2cc(-c3ccccc3)nc(-c3ccc4cc(-c5ccc6nc(-c7ccc(-c8ccnc9c8ccc8cccnc89)cc7)ccc6c5)ccc4n3)n2)cc1. The maximum Gasteiger partial charge on any atom is 0.179 e. The molecule has 6 nitrogen and oxygen atoms in total. The lowest BCUT2D eigenvalue weighted by molar-refractivity contribution is 1.16.